The van der Waals surface area contributed by atoms with Gasteiger partial charge in [-0.05, 0) is 232 Å². The normalized spacial score (nSPS) is 17.4. The molecule has 0 saturated carbocycles. The number of carboxylic acids is 2. The number of thiazole rings is 2. The van der Waals surface area contributed by atoms with E-state index in [9.17, 15) is 42.3 Å². The molecule has 17 rings (SSSR count). The highest BCUT2D eigenvalue weighted by Crippen LogP contribution is 2.42. The summed E-state index contributed by atoms with van der Waals surface area (Å²) < 4.78 is 68.1. The van der Waals surface area contributed by atoms with Crippen LogP contribution in [-0.2, 0) is 49.5 Å². The van der Waals surface area contributed by atoms with Crippen LogP contribution < -0.4 is 46.2 Å². The molecular weight excluding hydrogens is 1840 g/mol. The topological polar surface area (TPSA) is 400 Å². The number of fused-ring (bicyclic) bond motifs is 3. The Morgan fingerprint density at radius 3 is 1.21 bits per heavy atom. The van der Waals surface area contributed by atoms with E-state index in [0.717, 1.165) is 133 Å². The van der Waals surface area contributed by atoms with Gasteiger partial charge in [0, 0.05) is 106 Å². The first kappa shape index (κ1) is 109. The van der Waals surface area contributed by atoms with E-state index in [-0.39, 0.29) is 67.6 Å². The summed E-state index contributed by atoms with van der Waals surface area (Å²) in [7, 11) is 8.15. The third-order valence-corrected chi connectivity index (χ3v) is 25.0. The smallest absolute Gasteiger partial charge is 0.411 e. The highest BCUT2D eigenvalue weighted by atomic mass is 32.1. The molecule has 0 bridgehead atoms. The summed E-state index contributed by atoms with van der Waals surface area (Å²) in [5.41, 5.74) is 33.9. The molecule has 9 N–H and O–H groups in total. The van der Waals surface area contributed by atoms with Gasteiger partial charge in [0.05, 0.1) is 102 Å². The van der Waals surface area contributed by atoms with Crippen LogP contribution in [0, 0.1) is 25.5 Å². The van der Waals surface area contributed by atoms with Crippen molar-refractivity contribution in [3.63, 3.8) is 0 Å². The molecular formula is C107H127F2N13O17S2. The van der Waals surface area contributed by atoms with Gasteiger partial charge in [0.25, 0.3) is 5.91 Å². The Morgan fingerprint density at radius 1 is 0.440 bits per heavy atom. The van der Waals surface area contributed by atoms with Gasteiger partial charge in [-0.25, -0.2) is 42.7 Å². The minimum absolute atomic E-state index is 0. The van der Waals surface area contributed by atoms with Crippen molar-refractivity contribution in [1.82, 2.24) is 34.9 Å². The Morgan fingerprint density at radius 2 is 0.801 bits per heavy atom. The lowest BCUT2D eigenvalue weighted by atomic mass is 10.00. The molecule has 748 valence electrons. The third kappa shape index (κ3) is 29.2. The molecule has 0 aliphatic carbocycles. The average Bonchev–Trinajstić information content (AvgIpc) is 1.62. The number of carbonyl (C=O) groups is 7. The van der Waals surface area contributed by atoms with Crippen LogP contribution in [0.2, 0.25) is 0 Å². The molecule has 8 aliphatic rings. The second-order valence-corrected chi connectivity index (χ2v) is 39.9. The summed E-state index contributed by atoms with van der Waals surface area (Å²) in [6.07, 6.45) is 4.28. The van der Waals surface area contributed by atoms with Crippen molar-refractivity contribution in [3.05, 3.63) is 256 Å². The van der Waals surface area contributed by atoms with Gasteiger partial charge in [-0.3, -0.25) is 39.3 Å². The minimum Gasteiger partial charge on any atom is -0.497 e. The monoisotopic (exact) mass is 1970 g/mol. The minimum atomic E-state index is -1.07. The number of carboxylic acid groups (broad SMARTS) is 2. The molecule has 5 fully saturated rings. The van der Waals surface area contributed by atoms with E-state index in [1.54, 1.807) is 150 Å². The van der Waals surface area contributed by atoms with Gasteiger partial charge in [-0.15, -0.1) is 22.7 Å². The molecule has 8 aliphatic heterocycles. The number of aromatic carboxylic acids is 1. The number of nitrogens with zero attached hydrogens (tertiary/aromatic N) is 9. The number of aryl methyl sites for hydroxylation is 2. The van der Waals surface area contributed by atoms with Crippen molar-refractivity contribution in [2.45, 2.75) is 188 Å². The second kappa shape index (κ2) is 47.1. The first-order chi connectivity index (χ1) is 66.1. The van der Waals surface area contributed by atoms with Crippen LogP contribution in [0.4, 0.5) is 57.3 Å². The van der Waals surface area contributed by atoms with Gasteiger partial charge >= 0.3 is 30.2 Å². The molecule has 2 aromatic heterocycles. The summed E-state index contributed by atoms with van der Waals surface area (Å²) >= 11 is 2.73. The zero-order chi connectivity index (χ0) is 102. The fourth-order valence-corrected chi connectivity index (χ4v) is 18.1. The molecule has 10 heterocycles. The number of aromatic nitrogens is 2. The van der Waals surface area contributed by atoms with Crippen molar-refractivity contribution in [1.29, 1.82) is 0 Å². The SMILES string of the molecule is C.C=C1CN[C@H](C2=Nc3ccc(OC)cc3C2)C1.C=C1C[C@@H](C(=O)Cc2ccc(OC)cc2N)N(C(=O)OC(C)(C)C)C1.C=C1C[C@@H](C(=O)O)N(C(=O)OC(C)(C)C)C1.C=C1C[C@@H](C2=Nc3ccc(OC)cc3C2)N(C(=O)OC(C)(C)C)C1.C=C1C[C@@H](C2=Nc3ccc(OC)cc3C2)N(C(=O)c2nc(C)sc2-c2ccc(F)cc2)C1.COc1ccc(N)c(N)c1.Cc1nc(C(=O)O)c(-c2ccc(F)cc2)s1. The van der Waals surface area contributed by atoms with Gasteiger partial charge < -0.3 is 75.5 Å². The van der Waals surface area contributed by atoms with E-state index in [4.69, 9.17) is 80.3 Å². The number of rotatable bonds is 16. The molecule has 30 nitrogen and oxygen atoms in total. The Kier molecular flexibility index (Phi) is 36.3. The number of benzene rings is 7. The molecule has 0 radical (unpaired) electrons. The molecule has 0 unspecified atom stereocenters. The Balaban J connectivity index is 0.000000173. The summed E-state index contributed by atoms with van der Waals surface area (Å²) in [6.45, 7) is 42.2. The van der Waals surface area contributed by atoms with Gasteiger partial charge in [-0.1, -0.05) is 98.5 Å². The second-order valence-electron chi connectivity index (χ2n) is 37.5. The number of hydrogen-bond acceptors (Lipinski definition) is 26. The molecule has 141 heavy (non-hydrogen) atoms. The molecule has 5 atom stereocenters. The van der Waals surface area contributed by atoms with Gasteiger partial charge in [-0.2, -0.15) is 0 Å². The summed E-state index contributed by atoms with van der Waals surface area (Å²) in [5, 5.41) is 22.8. The van der Waals surface area contributed by atoms with E-state index >= 15 is 0 Å². The molecule has 4 amide bonds. The van der Waals surface area contributed by atoms with E-state index in [1.807, 2.05) is 81.1 Å². The number of aliphatic carboxylic acids is 1. The van der Waals surface area contributed by atoms with Crippen LogP contribution in [0.1, 0.15) is 155 Å². The maximum Gasteiger partial charge on any atom is 0.411 e. The number of aliphatic imine (C=N–C) groups is 3. The highest BCUT2D eigenvalue weighted by molar-refractivity contribution is 7.15. The number of ketones is 1. The fourth-order valence-electron chi connectivity index (χ4n) is 16.3. The maximum atomic E-state index is 13.7. The number of carbonyl (C=O) groups excluding carboxylic acids is 5. The lowest BCUT2D eigenvalue weighted by Crippen LogP contribution is -2.43. The fraction of sp³-hybridized carbons (Fsp3) is 0.364. The molecule has 0 spiro atoms. The van der Waals surface area contributed by atoms with Crippen molar-refractivity contribution in [2.75, 3.05) is 85.5 Å². The lowest BCUT2D eigenvalue weighted by molar-refractivity contribution is -0.142. The quantitative estimate of drug-likeness (QED) is 0.0297. The Hall–Kier alpha value is -14.4. The lowest BCUT2D eigenvalue weighted by Gasteiger charge is -2.28. The van der Waals surface area contributed by atoms with Crippen molar-refractivity contribution < 1.29 is 90.5 Å². The molecule has 7 aromatic carbocycles. The number of Topliss-reactive ketones (excluding diaryl/α,β-unsaturated/α-hetero) is 1. The van der Waals surface area contributed by atoms with Gasteiger partial charge in [0.2, 0.25) is 0 Å². The summed E-state index contributed by atoms with van der Waals surface area (Å²) in [4.78, 5) is 115. The average molecular weight is 1970 g/mol. The van der Waals surface area contributed by atoms with Crippen molar-refractivity contribution >= 4 is 116 Å². The van der Waals surface area contributed by atoms with E-state index in [2.05, 4.69) is 54.2 Å². The Bertz CT molecular complexity index is 6300. The summed E-state index contributed by atoms with van der Waals surface area (Å²) in [5.74, 6) is 0.920. The van der Waals surface area contributed by atoms with Crippen LogP contribution in [0.5, 0.6) is 28.7 Å². The molecule has 34 heteroatoms. The number of hydrogen-bond donors (Lipinski definition) is 6. The zero-order valence-corrected chi connectivity index (χ0v) is 83.6. The molecule has 9 aromatic rings. The molecule has 5 saturated heterocycles. The number of likely N-dealkylation sites (tertiary alicyclic amines) is 4. The number of nitrogen functional groups attached to an aromatic ring is 3. The van der Waals surface area contributed by atoms with Crippen LogP contribution in [0.15, 0.2) is 215 Å². The summed E-state index contributed by atoms with van der Waals surface area (Å²) in [6, 6.07) is 38.8. The number of anilines is 3. The van der Waals surface area contributed by atoms with Crippen LogP contribution >= 0.6 is 22.7 Å². The maximum absolute atomic E-state index is 13.7. The Labute approximate surface area is 830 Å². The first-order valence-electron chi connectivity index (χ1n) is 45.2. The number of nitrogens with one attached hydrogen (secondary N) is 1. The van der Waals surface area contributed by atoms with Crippen LogP contribution in [0.25, 0.3) is 20.9 Å². The largest absolute Gasteiger partial charge is 0.497 e. The number of ether oxygens (including phenoxy) is 8. The van der Waals surface area contributed by atoms with Crippen LogP contribution in [-0.4, -0.2) is 214 Å². The number of halogens is 2. The van der Waals surface area contributed by atoms with Gasteiger partial charge in [0.1, 0.15) is 68.9 Å². The van der Waals surface area contributed by atoms with E-state index in [1.165, 1.54) is 73.6 Å². The highest BCUT2D eigenvalue weighted by Gasteiger charge is 2.44. The van der Waals surface area contributed by atoms with E-state index < -0.39 is 53.0 Å². The predicted octanol–water partition coefficient (Wildman–Crippen LogP) is 20.5. The number of methoxy groups -OCH3 is 5. The van der Waals surface area contributed by atoms with Crippen molar-refractivity contribution in [3.8, 4) is 49.6 Å². The third-order valence-electron chi connectivity index (χ3n) is 22.9. The van der Waals surface area contributed by atoms with Crippen LogP contribution in [0.3, 0.4) is 0 Å². The zero-order valence-electron chi connectivity index (χ0n) is 81.9. The van der Waals surface area contributed by atoms with Gasteiger partial charge in [0.15, 0.2) is 11.5 Å². The van der Waals surface area contributed by atoms with E-state index in [0.29, 0.717) is 101 Å². The first-order valence-corrected chi connectivity index (χ1v) is 46.9. The standard InChI is InChI=1S/C25H22FN3O2S.C19H26N2O4.C19H24N2O3.C14H16N2O.C11H8FNO2S.C11H17NO4.C7H10N2O.CH4/c1-14-10-22(21-12-17-11-19(31-3)8-9-20(17)28-21)29(13-14)25(30)23-24(32-15(2)27-23)16-4-6-18(26)7-5-16;1-12-8-16(21(11-12)18(23)25-19(2,3)4)17(22)9-13-6-7-14(24-5)10-15(13)20;1-12-8-17(21(11-12)18(22)24-19(2,3)4)16-10-13-9-14(23-5)6-7-15(13)20-16;1-9-5-13(15-8-9)14-7-10-6-11(17-2)3-4-12(10)16-14;1-6-13-9(11(14)15)10(16-6)7-2-4-8(12)5-3-7;1-7-5-8(9(13)14)12(6-7)10(15)16-11(2,3)4;1-10-5-2-3-6(8)7(9)4-5;/h4-9,11,22H,1,10,12-13H2,2-3H3;6-7,10,16H,1,8-9,11,20H2,2-5H3;6-7,9,17H,1,8,10-11H2,2-5H3;3-4,6,13,15H,1,5,7-8H2,2H3;2-5H,1H3,(H,14,15);8H,1,5-6H2,2-4H3,(H,13,14);2-4H,8-9H2,1H3;1H4/t22-;16-;17-;13-;;8-;;/m0000.0../s1. The predicted molar refractivity (Wildman–Crippen MR) is 551 cm³/mol. The number of amides is 4. The number of nitrogens with two attached hydrogens (primary N) is 3. The van der Waals surface area contributed by atoms with Crippen molar-refractivity contribution in [2.24, 2.45) is 15.0 Å².